The minimum atomic E-state index is -0.00241. The number of nitrogens with one attached hydrogen (secondary N) is 1. The highest BCUT2D eigenvalue weighted by molar-refractivity contribution is 5.95. The van der Waals surface area contributed by atoms with Crippen LogP contribution >= 0.6 is 0 Å². The molecule has 1 aliphatic heterocycles. The van der Waals surface area contributed by atoms with Gasteiger partial charge in [0.1, 0.15) is 6.33 Å². The van der Waals surface area contributed by atoms with Gasteiger partial charge in [0.25, 0.3) is 5.91 Å². The number of ether oxygens (including phenoxy) is 1. The van der Waals surface area contributed by atoms with Gasteiger partial charge in [-0.25, -0.2) is 9.97 Å². The van der Waals surface area contributed by atoms with Crippen LogP contribution in [-0.4, -0.2) is 34.6 Å². The van der Waals surface area contributed by atoms with Crippen LogP contribution in [0.4, 0.5) is 0 Å². The molecule has 4 rings (SSSR count). The summed E-state index contributed by atoms with van der Waals surface area (Å²) in [6, 6.07) is 0.266. The number of hydrogen-bond acceptors (Lipinski definition) is 4. The lowest BCUT2D eigenvalue weighted by Crippen LogP contribution is -2.63. The number of amides is 1. The second-order valence-corrected chi connectivity index (χ2v) is 7.54. The Kier molecular flexibility index (Phi) is 4.53. The molecule has 1 amide bonds. The topological polar surface area (TPSA) is 64.1 Å². The molecule has 2 saturated carbocycles. The van der Waals surface area contributed by atoms with Crippen molar-refractivity contribution in [1.29, 1.82) is 0 Å². The zero-order chi connectivity index (χ0) is 16.5. The number of hydrogen-bond donors (Lipinski definition) is 1. The van der Waals surface area contributed by atoms with E-state index in [0.29, 0.717) is 23.5 Å². The Morgan fingerprint density at radius 3 is 2.96 bits per heavy atom. The summed E-state index contributed by atoms with van der Waals surface area (Å²) < 4.78 is 5.98. The summed E-state index contributed by atoms with van der Waals surface area (Å²) in [7, 11) is 0. The first-order valence-electron chi connectivity index (χ1n) is 9.51. The second-order valence-electron chi connectivity index (χ2n) is 7.54. The predicted octanol–water partition coefficient (Wildman–Crippen LogP) is 2.75. The minimum Gasteiger partial charge on any atom is -0.377 e. The van der Waals surface area contributed by atoms with Gasteiger partial charge in [-0.05, 0) is 18.8 Å². The van der Waals surface area contributed by atoms with Crippen LogP contribution in [-0.2, 0) is 11.2 Å². The largest absolute Gasteiger partial charge is 0.377 e. The first-order valence-corrected chi connectivity index (χ1v) is 9.51. The van der Waals surface area contributed by atoms with Crippen molar-refractivity contribution in [2.75, 3.05) is 6.61 Å². The van der Waals surface area contributed by atoms with Gasteiger partial charge in [0, 0.05) is 30.7 Å². The summed E-state index contributed by atoms with van der Waals surface area (Å²) in [5.41, 5.74) is 1.51. The van der Waals surface area contributed by atoms with Crippen molar-refractivity contribution < 1.29 is 9.53 Å². The maximum atomic E-state index is 12.9. The number of carbonyl (C=O) groups is 1. The standard InChI is InChI=1S/C19H27N3O2/c1-2-5-15-14(10-20-11-21-15)19(23)22-17-13-8-9-24-18(13)16(17)12-6-3-4-7-12/h10-13,16-18H,2-9H2,1H3,(H,22,23)/t13-,16+,17+,18-/m0/s1. The maximum absolute atomic E-state index is 12.9. The van der Waals surface area contributed by atoms with Crippen LogP contribution in [0.5, 0.6) is 0 Å². The van der Waals surface area contributed by atoms with Crippen molar-refractivity contribution in [1.82, 2.24) is 15.3 Å². The molecular formula is C19H27N3O2. The molecule has 2 aliphatic carbocycles. The van der Waals surface area contributed by atoms with E-state index in [1.807, 2.05) is 0 Å². The van der Waals surface area contributed by atoms with E-state index in [9.17, 15) is 4.79 Å². The smallest absolute Gasteiger partial charge is 0.254 e. The number of aromatic nitrogens is 2. The molecule has 3 aliphatic rings. The van der Waals surface area contributed by atoms with Crippen molar-refractivity contribution in [3.05, 3.63) is 23.8 Å². The molecule has 1 aromatic rings. The molecule has 0 aromatic carbocycles. The van der Waals surface area contributed by atoms with Gasteiger partial charge in [0.05, 0.1) is 17.4 Å². The highest BCUT2D eigenvalue weighted by Crippen LogP contribution is 2.51. The van der Waals surface area contributed by atoms with E-state index in [4.69, 9.17) is 4.74 Å². The molecule has 24 heavy (non-hydrogen) atoms. The Balaban J connectivity index is 1.50. The van der Waals surface area contributed by atoms with Crippen molar-refractivity contribution in [2.45, 2.75) is 64.0 Å². The monoisotopic (exact) mass is 329 g/mol. The van der Waals surface area contributed by atoms with Gasteiger partial charge in [-0.3, -0.25) is 4.79 Å². The number of fused-ring (bicyclic) bond motifs is 1. The van der Waals surface area contributed by atoms with Crippen LogP contribution < -0.4 is 5.32 Å². The fraction of sp³-hybridized carbons (Fsp3) is 0.737. The van der Waals surface area contributed by atoms with Crippen LogP contribution in [0.3, 0.4) is 0 Å². The minimum absolute atomic E-state index is 0.00241. The van der Waals surface area contributed by atoms with Gasteiger partial charge in [0.15, 0.2) is 0 Å². The van der Waals surface area contributed by atoms with E-state index in [1.54, 1.807) is 6.20 Å². The first kappa shape index (κ1) is 16.0. The normalized spacial score (nSPS) is 32.4. The third-order valence-corrected chi connectivity index (χ3v) is 6.21. The van der Waals surface area contributed by atoms with Crippen LogP contribution in [0.1, 0.15) is 61.5 Å². The molecule has 3 fully saturated rings. The van der Waals surface area contributed by atoms with Crippen LogP contribution in [0.2, 0.25) is 0 Å². The van der Waals surface area contributed by atoms with Gasteiger partial charge in [-0.15, -0.1) is 0 Å². The number of rotatable bonds is 5. The molecule has 4 atom stereocenters. The average Bonchev–Trinajstić information content (AvgIpc) is 3.24. The molecule has 1 saturated heterocycles. The highest BCUT2D eigenvalue weighted by atomic mass is 16.5. The molecule has 5 heteroatoms. The fourth-order valence-corrected chi connectivity index (χ4v) is 5.07. The first-order chi connectivity index (χ1) is 11.8. The third-order valence-electron chi connectivity index (χ3n) is 6.21. The van der Waals surface area contributed by atoms with Gasteiger partial charge in [-0.2, -0.15) is 0 Å². The molecule has 0 radical (unpaired) electrons. The fourth-order valence-electron chi connectivity index (χ4n) is 5.07. The number of carbonyl (C=O) groups excluding carboxylic acids is 1. The van der Waals surface area contributed by atoms with Gasteiger partial charge >= 0.3 is 0 Å². The summed E-state index contributed by atoms with van der Waals surface area (Å²) in [6.45, 7) is 2.95. The van der Waals surface area contributed by atoms with E-state index in [1.165, 1.54) is 32.0 Å². The maximum Gasteiger partial charge on any atom is 0.254 e. The zero-order valence-corrected chi connectivity index (χ0v) is 14.4. The predicted molar refractivity (Wildman–Crippen MR) is 90.6 cm³/mol. The van der Waals surface area contributed by atoms with E-state index < -0.39 is 0 Å². The summed E-state index contributed by atoms with van der Waals surface area (Å²) in [4.78, 5) is 21.2. The zero-order valence-electron chi connectivity index (χ0n) is 14.4. The van der Waals surface area contributed by atoms with Gasteiger partial charge in [0.2, 0.25) is 0 Å². The Morgan fingerprint density at radius 1 is 1.33 bits per heavy atom. The number of nitrogens with zero attached hydrogens (tertiary/aromatic N) is 2. The molecule has 130 valence electrons. The SMILES string of the molecule is CCCc1ncncc1C(=O)N[C@@H]1[C@@H]2CCO[C@@H]2[C@@H]1C1CCCC1. The summed E-state index contributed by atoms with van der Waals surface area (Å²) in [6.07, 6.45) is 11.7. The van der Waals surface area contributed by atoms with Gasteiger partial charge < -0.3 is 10.1 Å². The van der Waals surface area contributed by atoms with Crippen LogP contribution in [0.25, 0.3) is 0 Å². The molecule has 2 heterocycles. The quantitative estimate of drug-likeness (QED) is 0.902. The Morgan fingerprint density at radius 2 is 2.17 bits per heavy atom. The second kappa shape index (κ2) is 6.79. The lowest BCUT2D eigenvalue weighted by Gasteiger charge is -2.50. The van der Waals surface area contributed by atoms with Crippen molar-refractivity contribution >= 4 is 5.91 Å². The lowest BCUT2D eigenvalue weighted by atomic mass is 9.61. The van der Waals surface area contributed by atoms with E-state index >= 15 is 0 Å². The molecule has 0 unspecified atom stereocenters. The third kappa shape index (κ3) is 2.73. The van der Waals surface area contributed by atoms with Crippen molar-refractivity contribution in [2.24, 2.45) is 17.8 Å². The highest BCUT2D eigenvalue weighted by Gasteiger charge is 2.57. The van der Waals surface area contributed by atoms with Crippen molar-refractivity contribution in [3.63, 3.8) is 0 Å². The molecule has 1 N–H and O–H groups in total. The van der Waals surface area contributed by atoms with E-state index in [-0.39, 0.29) is 11.9 Å². The molecule has 0 bridgehead atoms. The summed E-state index contributed by atoms with van der Waals surface area (Å²) in [5, 5.41) is 3.33. The lowest BCUT2D eigenvalue weighted by molar-refractivity contribution is -0.0784. The van der Waals surface area contributed by atoms with Crippen LogP contribution in [0.15, 0.2) is 12.5 Å². The van der Waals surface area contributed by atoms with Crippen LogP contribution in [0, 0.1) is 17.8 Å². The average molecular weight is 329 g/mol. The Bertz CT molecular complexity index is 595. The Labute approximate surface area is 143 Å². The van der Waals surface area contributed by atoms with Gasteiger partial charge in [-0.1, -0.05) is 39.0 Å². The summed E-state index contributed by atoms with van der Waals surface area (Å²) in [5.74, 6) is 1.72. The Hall–Kier alpha value is -1.49. The van der Waals surface area contributed by atoms with E-state index in [2.05, 4.69) is 22.2 Å². The summed E-state index contributed by atoms with van der Waals surface area (Å²) >= 11 is 0. The molecular weight excluding hydrogens is 302 g/mol. The molecule has 5 nitrogen and oxygen atoms in total. The van der Waals surface area contributed by atoms with Crippen molar-refractivity contribution in [3.8, 4) is 0 Å². The molecule has 1 aromatic heterocycles. The molecule has 0 spiro atoms. The van der Waals surface area contributed by atoms with E-state index in [0.717, 1.165) is 37.5 Å². The number of aryl methyl sites for hydroxylation is 1.